The first kappa shape index (κ1) is 21.1. The van der Waals surface area contributed by atoms with Crippen LogP contribution in [0.5, 0.6) is 0 Å². The van der Waals surface area contributed by atoms with E-state index in [4.69, 9.17) is 9.97 Å². The first-order valence-electron chi connectivity index (χ1n) is 13.0. The molecular formula is C34H20N4S. The van der Waals surface area contributed by atoms with Crippen LogP contribution in [0.15, 0.2) is 131 Å². The van der Waals surface area contributed by atoms with E-state index in [1.54, 1.807) is 11.8 Å². The quantitative estimate of drug-likeness (QED) is 0.230. The van der Waals surface area contributed by atoms with Crippen LogP contribution in [-0.4, -0.2) is 19.1 Å². The lowest BCUT2D eigenvalue weighted by Crippen LogP contribution is -2.05. The van der Waals surface area contributed by atoms with Crippen LogP contribution in [0, 0.1) is 0 Å². The highest BCUT2D eigenvalue weighted by Crippen LogP contribution is 2.47. The first-order valence-corrected chi connectivity index (χ1v) is 13.8. The molecule has 0 atom stereocenters. The minimum absolute atomic E-state index is 0.699. The molecule has 4 heterocycles. The molecule has 0 amide bonds. The lowest BCUT2D eigenvalue weighted by molar-refractivity contribution is 1.01. The summed E-state index contributed by atoms with van der Waals surface area (Å²) in [6.07, 6.45) is 2.16. The Morgan fingerprint density at radius 1 is 0.538 bits per heavy atom. The van der Waals surface area contributed by atoms with Crippen LogP contribution in [0.25, 0.3) is 66.5 Å². The normalized spacial score (nSPS) is 12.5. The van der Waals surface area contributed by atoms with Crippen molar-refractivity contribution in [3.8, 4) is 22.9 Å². The van der Waals surface area contributed by atoms with Gasteiger partial charge in [0.05, 0.1) is 27.8 Å². The Bertz CT molecular complexity index is 2260. The van der Waals surface area contributed by atoms with Crippen molar-refractivity contribution < 1.29 is 0 Å². The third-order valence-corrected chi connectivity index (χ3v) is 8.91. The van der Waals surface area contributed by atoms with E-state index >= 15 is 0 Å². The molecule has 0 saturated heterocycles. The molecule has 5 aromatic carbocycles. The number of hydrogen-bond donors (Lipinski definition) is 0. The summed E-state index contributed by atoms with van der Waals surface area (Å²) in [7, 11) is 0. The summed E-state index contributed by atoms with van der Waals surface area (Å²) >= 11 is 1.80. The van der Waals surface area contributed by atoms with Crippen LogP contribution in [0.2, 0.25) is 0 Å². The predicted octanol–water partition coefficient (Wildman–Crippen LogP) is 8.80. The van der Waals surface area contributed by atoms with Gasteiger partial charge in [0.2, 0.25) is 5.95 Å². The molecule has 0 spiro atoms. The number of aromatic nitrogens is 4. The van der Waals surface area contributed by atoms with Gasteiger partial charge in [-0.25, -0.2) is 9.97 Å². The second kappa shape index (κ2) is 7.82. The van der Waals surface area contributed by atoms with Gasteiger partial charge in [-0.15, -0.1) is 0 Å². The van der Waals surface area contributed by atoms with Crippen molar-refractivity contribution in [2.24, 2.45) is 0 Å². The van der Waals surface area contributed by atoms with Crippen molar-refractivity contribution in [3.63, 3.8) is 0 Å². The van der Waals surface area contributed by atoms with Crippen LogP contribution in [-0.2, 0) is 0 Å². The Morgan fingerprint density at radius 3 is 2.26 bits per heavy atom. The fourth-order valence-electron chi connectivity index (χ4n) is 6.10. The Hall–Kier alpha value is -4.87. The second-order valence-electron chi connectivity index (χ2n) is 9.89. The summed E-state index contributed by atoms with van der Waals surface area (Å²) in [6.45, 7) is 0. The summed E-state index contributed by atoms with van der Waals surface area (Å²) < 4.78 is 4.49. The molecule has 9 rings (SSSR count). The average Bonchev–Trinajstić information content (AvgIpc) is 3.57. The van der Waals surface area contributed by atoms with Gasteiger partial charge in [-0.1, -0.05) is 72.4 Å². The molecule has 0 radical (unpaired) electrons. The van der Waals surface area contributed by atoms with Crippen molar-refractivity contribution in [1.82, 2.24) is 19.1 Å². The number of benzene rings is 5. The number of rotatable bonds is 2. The first-order chi connectivity index (χ1) is 19.3. The van der Waals surface area contributed by atoms with E-state index < -0.39 is 0 Å². The van der Waals surface area contributed by atoms with Crippen molar-refractivity contribution in [2.45, 2.75) is 9.79 Å². The van der Waals surface area contributed by atoms with Gasteiger partial charge in [0.1, 0.15) is 0 Å². The molecule has 39 heavy (non-hydrogen) atoms. The zero-order valence-corrected chi connectivity index (χ0v) is 21.6. The maximum absolute atomic E-state index is 5.28. The molecule has 1 aliphatic heterocycles. The molecule has 5 heteroatoms. The van der Waals surface area contributed by atoms with E-state index in [2.05, 4.69) is 131 Å². The van der Waals surface area contributed by atoms with Crippen molar-refractivity contribution in [2.75, 3.05) is 0 Å². The number of para-hydroxylation sites is 2. The molecule has 0 aliphatic carbocycles. The topological polar surface area (TPSA) is 35.6 Å². The van der Waals surface area contributed by atoms with Gasteiger partial charge in [-0.2, -0.15) is 0 Å². The summed E-state index contributed by atoms with van der Waals surface area (Å²) in [5, 5.41) is 4.77. The van der Waals surface area contributed by atoms with E-state index in [1.807, 2.05) is 0 Å². The molecule has 3 aromatic heterocycles. The van der Waals surface area contributed by atoms with E-state index in [0.29, 0.717) is 5.95 Å². The highest BCUT2D eigenvalue weighted by Gasteiger charge is 2.24. The summed E-state index contributed by atoms with van der Waals surface area (Å²) in [5.74, 6) is 0.699. The molecule has 0 N–H and O–H groups in total. The Morgan fingerprint density at radius 2 is 1.31 bits per heavy atom. The summed E-state index contributed by atoms with van der Waals surface area (Å²) in [5.41, 5.74) is 7.68. The third kappa shape index (κ3) is 2.90. The van der Waals surface area contributed by atoms with E-state index in [1.165, 1.54) is 31.5 Å². The minimum Gasteiger partial charge on any atom is -0.317 e. The number of fused-ring (bicyclic) bond motifs is 7. The molecule has 0 unspecified atom stereocenters. The zero-order chi connectivity index (χ0) is 25.5. The van der Waals surface area contributed by atoms with Gasteiger partial charge in [0, 0.05) is 48.8 Å². The van der Waals surface area contributed by atoms with E-state index in [9.17, 15) is 0 Å². The average molecular weight is 517 g/mol. The maximum Gasteiger partial charge on any atom is 0.235 e. The standard InChI is InChI=1S/C34H20N4S/c1-2-9-21(10-3-1)37-20-19-23-26(37)17-18-28-31(23)22-11-4-6-14-27(22)38(28)34-35-25-13-8-16-30-32(25)33(36-34)24-12-5-7-15-29(24)39-30/h1-20H. The zero-order valence-electron chi connectivity index (χ0n) is 20.7. The van der Waals surface area contributed by atoms with Gasteiger partial charge in [0.15, 0.2) is 0 Å². The van der Waals surface area contributed by atoms with Gasteiger partial charge in [-0.05, 0) is 54.6 Å². The molecule has 8 aromatic rings. The Balaban J connectivity index is 1.38. The van der Waals surface area contributed by atoms with Gasteiger partial charge in [-0.3, -0.25) is 4.57 Å². The minimum atomic E-state index is 0.699. The molecular weight excluding hydrogens is 496 g/mol. The summed E-state index contributed by atoms with van der Waals surface area (Å²) in [6, 6.07) is 40.7. The van der Waals surface area contributed by atoms with E-state index in [0.717, 1.165) is 38.9 Å². The van der Waals surface area contributed by atoms with Crippen molar-refractivity contribution >= 4 is 55.4 Å². The Labute approximate surface area is 228 Å². The highest BCUT2D eigenvalue weighted by atomic mass is 32.2. The number of hydrogen-bond acceptors (Lipinski definition) is 3. The summed E-state index contributed by atoms with van der Waals surface area (Å²) in [4.78, 5) is 12.9. The van der Waals surface area contributed by atoms with Crippen LogP contribution >= 0.6 is 11.8 Å². The SMILES string of the molecule is c1ccc(-n2ccc3c4c5ccccc5n(-c5nc6c7c(cccc7n5)Sc5ccccc5-6)c4ccc32)cc1. The number of nitrogens with zero attached hydrogens (tertiary/aromatic N) is 4. The van der Waals surface area contributed by atoms with Gasteiger partial charge < -0.3 is 4.57 Å². The lowest BCUT2D eigenvalue weighted by atomic mass is 10.1. The van der Waals surface area contributed by atoms with Gasteiger partial charge in [0.25, 0.3) is 0 Å². The fourth-order valence-corrected chi connectivity index (χ4v) is 7.21. The third-order valence-electron chi connectivity index (χ3n) is 7.78. The van der Waals surface area contributed by atoms with Crippen molar-refractivity contribution in [3.05, 3.63) is 121 Å². The van der Waals surface area contributed by atoms with Crippen LogP contribution in [0.3, 0.4) is 0 Å². The highest BCUT2D eigenvalue weighted by molar-refractivity contribution is 7.99. The van der Waals surface area contributed by atoms with Crippen molar-refractivity contribution in [1.29, 1.82) is 0 Å². The van der Waals surface area contributed by atoms with E-state index in [-0.39, 0.29) is 0 Å². The predicted molar refractivity (Wildman–Crippen MR) is 160 cm³/mol. The van der Waals surface area contributed by atoms with Gasteiger partial charge >= 0.3 is 0 Å². The molecule has 0 fully saturated rings. The molecule has 1 aliphatic rings. The van der Waals surface area contributed by atoms with Crippen LogP contribution < -0.4 is 0 Å². The molecule has 0 bridgehead atoms. The second-order valence-corrected chi connectivity index (χ2v) is 11.0. The van der Waals surface area contributed by atoms with Crippen LogP contribution in [0.1, 0.15) is 0 Å². The smallest absolute Gasteiger partial charge is 0.235 e. The Kier molecular flexibility index (Phi) is 4.23. The molecule has 182 valence electrons. The largest absolute Gasteiger partial charge is 0.317 e. The molecule has 0 saturated carbocycles. The lowest BCUT2D eigenvalue weighted by Gasteiger charge is -2.20. The molecule has 4 nitrogen and oxygen atoms in total. The fraction of sp³-hybridized carbons (Fsp3) is 0. The maximum atomic E-state index is 5.28. The van der Waals surface area contributed by atoms with Crippen LogP contribution in [0.4, 0.5) is 0 Å². The monoisotopic (exact) mass is 516 g/mol.